The number of carbonyl (C=O) groups is 2. The van der Waals surface area contributed by atoms with Crippen LogP contribution in [0.5, 0.6) is 0 Å². The van der Waals surface area contributed by atoms with Gasteiger partial charge in [0, 0.05) is 13.0 Å². The van der Waals surface area contributed by atoms with Gasteiger partial charge in [-0.05, 0) is 6.42 Å². The number of aromatic nitrogens is 2. The molecule has 0 aliphatic rings. The summed E-state index contributed by atoms with van der Waals surface area (Å²) in [6, 6.07) is 0. The summed E-state index contributed by atoms with van der Waals surface area (Å²) < 4.78 is 1.54. The van der Waals surface area contributed by atoms with Gasteiger partial charge < -0.3 is 16.0 Å². The molecule has 1 heterocycles. The summed E-state index contributed by atoms with van der Waals surface area (Å²) >= 11 is 0. The third-order valence-corrected chi connectivity index (χ3v) is 2.65. The van der Waals surface area contributed by atoms with Crippen LogP contribution in [0, 0.1) is 0 Å². The molecule has 0 saturated heterocycles. The van der Waals surface area contributed by atoms with Crippen LogP contribution in [0.3, 0.4) is 0 Å². The maximum atomic E-state index is 11.2. The summed E-state index contributed by atoms with van der Waals surface area (Å²) in [6.45, 7) is 3.95. The van der Waals surface area contributed by atoms with E-state index in [0.29, 0.717) is 5.82 Å². The van der Waals surface area contributed by atoms with Crippen molar-refractivity contribution < 1.29 is 9.59 Å². The summed E-state index contributed by atoms with van der Waals surface area (Å²) in [5.41, 5.74) is 10.4. The van der Waals surface area contributed by atoms with E-state index < -0.39 is 11.8 Å². The van der Waals surface area contributed by atoms with Gasteiger partial charge >= 0.3 is 0 Å². The monoisotopic (exact) mass is 224 g/mol. The molecule has 16 heavy (non-hydrogen) atoms. The molecule has 4 N–H and O–H groups in total. The second-order valence-corrected chi connectivity index (χ2v) is 3.76. The highest BCUT2D eigenvalue weighted by Gasteiger charge is 2.24. The third-order valence-electron chi connectivity index (χ3n) is 2.65. The predicted octanol–water partition coefficient (Wildman–Crippen LogP) is 0.131. The highest BCUT2D eigenvalue weighted by Crippen LogP contribution is 2.20. The van der Waals surface area contributed by atoms with Crippen molar-refractivity contribution >= 4 is 11.8 Å². The van der Waals surface area contributed by atoms with Crippen LogP contribution in [-0.4, -0.2) is 21.4 Å². The van der Waals surface area contributed by atoms with Crippen molar-refractivity contribution in [2.75, 3.05) is 0 Å². The van der Waals surface area contributed by atoms with Crippen LogP contribution in [0.4, 0.5) is 0 Å². The van der Waals surface area contributed by atoms with Crippen LogP contribution >= 0.6 is 0 Å². The van der Waals surface area contributed by atoms with E-state index in [9.17, 15) is 9.59 Å². The molecule has 88 valence electrons. The van der Waals surface area contributed by atoms with Crippen LogP contribution in [0.15, 0.2) is 0 Å². The van der Waals surface area contributed by atoms with Gasteiger partial charge in [-0.3, -0.25) is 9.59 Å². The molecule has 2 amide bonds. The molecule has 0 aromatic carbocycles. The number of nitrogens with two attached hydrogens (primary N) is 2. The van der Waals surface area contributed by atoms with Crippen molar-refractivity contribution in [3.63, 3.8) is 0 Å². The van der Waals surface area contributed by atoms with Gasteiger partial charge in [-0.15, -0.1) is 0 Å². The SMILES string of the molecule is CCC(C)c1nc(C(N)=O)c(C(N)=O)n1C. The van der Waals surface area contributed by atoms with Crippen molar-refractivity contribution in [2.24, 2.45) is 18.5 Å². The van der Waals surface area contributed by atoms with Crippen molar-refractivity contribution in [1.29, 1.82) is 0 Å². The van der Waals surface area contributed by atoms with Crippen molar-refractivity contribution in [2.45, 2.75) is 26.2 Å². The molecule has 6 nitrogen and oxygen atoms in total. The number of rotatable bonds is 4. The molecular weight excluding hydrogens is 208 g/mol. The Morgan fingerprint density at radius 3 is 2.25 bits per heavy atom. The van der Waals surface area contributed by atoms with Gasteiger partial charge in [-0.25, -0.2) is 4.98 Å². The Bertz CT molecular complexity index is 436. The standard InChI is InChI=1S/C10H16N4O2/c1-4-5(2)10-13-6(8(11)15)7(9(12)16)14(10)3/h5H,4H2,1-3H3,(H2,11,15)(H2,12,16). The van der Waals surface area contributed by atoms with E-state index in [1.54, 1.807) is 7.05 Å². The Labute approximate surface area is 93.6 Å². The maximum absolute atomic E-state index is 11.2. The summed E-state index contributed by atoms with van der Waals surface area (Å²) in [6.07, 6.45) is 0.848. The minimum atomic E-state index is -0.737. The summed E-state index contributed by atoms with van der Waals surface area (Å²) in [5, 5.41) is 0. The van der Waals surface area contributed by atoms with Gasteiger partial charge in [0.15, 0.2) is 5.69 Å². The molecule has 0 saturated carbocycles. The minimum Gasteiger partial charge on any atom is -0.364 e. The van der Waals surface area contributed by atoms with Gasteiger partial charge in [0.05, 0.1) is 0 Å². The topological polar surface area (TPSA) is 104 Å². The van der Waals surface area contributed by atoms with Crippen molar-refractivity contribution in [3.8, 4) is 0 Å². The minimum absolute atomic E-state index is 0.0506. The van der Waals surface area contributed by atoms with E-state index in [2.05, 4.69) is 4.98 Å². The average molecular weight is 224 g/mol. The van der Waals surface area contributed by atoms with E-state index in [-0.39, 0.29) is 17.3 Å². The molecule has 1 aromatic rings. The summed E-state index contributed by atoms with van der Waals surface area (Å²) in [5.74, 6) is -0.654. The zero-order chi connectivity index (χ0) is 12.5. The molecule has 1 rings (SSSR count). The number of primary amides is 2. The first-order chi connectivity index (χ1) is 7.40. The van der Waals surface area contributed by atoms with Crippen molar-refractivity contribution in [1.82, 2.24) is 9.55 Å². The van der Waals surface area contributed by atoms with Gasteiger partial charge in [0.2, 0.25) is 0 Å². The Morgan fingerprint density at radius 1 is 1.38 bits per heavy atom. The molecule has 0 radical (unpaired) electrons. The van der Waals surface area contributed by atoms with Crippen LogP contribution in [0.2, 0.25) is 0 Å². The molecule has 1 atom stereocenters. The highest BCUT2D eigenvalue weighted by molar-refractivity contribution is 6.03. The van der Waals surface area contributed by atoms with E-state index in [1.165, 1.54) is 4.57 Å². The Kier molecular flexibility index (Phi) is 3.31. The van der Waals surface area contributed by atoms with Gasteiger partial charge in [-0.1, -0.05) is 13.8 Å². The zero-order valence-electron chi connectivity index (χ0n) is 9.65. The van der Waals surface area contributed by atoms with E-state index in [1.807, 2.05) is 13.8 Å². The molecule has 0 fully saturated rings. The first-order valence-electron chi connectivity index (χ1n) is 5.06. The first-order valence-corrected chi connectivity index (χ1v) is 5.06. The second-order valence-electron chi connectivity index (χ2n) is 3.76. The fourth-order valence-corrected chi connectivity index (χ4v) is 1.59. The molecule has 6 heteroatoms. The van der Waals surface area contributed by atoms with E-state index in [0.717, 1.165) is 6.42 Å². The fourth-order valence-electron chi connectivity index (χ4n) is 1.59. The number of amides is 2. The van der Waals surface area contributed by atoms with Crippen LogP contribution in [0.25, 0.3) is 0 Å². The second kappa shape index (κ2) is 4.34. The lowest BCUT2D eigenvalue weighted by Gasteiger charge is -2.08. The summed E-state index contributed by atoms with van der Waals surface area (Å²) in [7, 11) is 1.65. The van der Waals surface area contributed by atoms with Crippen LogP contribution in [-0.2, 0) is 7.05 Å². The molecule has 0 bridgehead atoms. The smallest absolute Gasteiger partial charge is 0.269 e. The normalized spacial score (nSPS) is 12.4. The van der Waals surface area contributed by atoms with E-state index in [4.69, 9.17) is 11.5 Å². The molecule has 0 aliphatic heterocycles. The van der Waals surface area contributed by atoms with Crippen LogP contribution < -0.4 is 11.5 Å². The predicted molar refractivity (Wildman–Crippen MR) is 58.9 cm³/mol. The van der Waals surface area contributed by atoms with Gasteiger partial charge in [0.1, 0.15) is 11.5 Å². The summed E-state index contributed by atoms with van der Waals surface area (Å²) in [4.78, 5) is 26.5. The van der Waals surface area contributed by atoms with Crippen molar-refractivity contribution in [3.05, 3.63) is 17.2 Å². The Hall–Kier alpha value is -1.85. The molecule has 0 spiro atoms. The molecule has 1 aromatic heterocycles. The molecular formula is C10H16N4O2. The Morgan fingerprint density at radius 2 is 1.94 bits per heavy atom. The Balaban J connectivity index is 3.41. The van der Waals surface area contributed by atoms with Gasteiger partial charge in [0.25, 0.3) is 11.8 Å². The fraction of sp³-hybridized carbons (Fsp3) is 0.500. The number of carbonyl (C=O) groups excluding carboxylic acids is 2. The molecule has 1 unspecified atom stereocenters. The average Bonchev–Trinajstić information content (AvgIpc) is 2.55. The maximum Gasteiger partial charge on any atom is 0.269 e. The first kappa shape index (κ1) is 12.2. The third kappa shape index (κ3) is 1.91. The largest absolute Gasteiger partial charge is 0.364 e. The highest BCUT2D eigenvalue weighted by atomic mass is 16.2. The zero-order valence-corrected chi connectivity index (χ0v) is 9.65. The number of hydrogen-bond acceptors (Lipinski definition) is 3. The number of imidazole rings is 1. The van der Waals surface area contributed by atoms with E-state index >= 15 is 0 Å². The molecule has 0 aliphatic carbocycles. The van der Waals surface area contributed by atoms with Crippen LogP contribution in [0.1, 0.15) is 53.0 Å². The quantitative estimate of drug-likeness (QED) is 0.759. The lowest BCUT2D eigenvalue weighted by molar-refractivity contribution is 0.0959. The number of nitrogens with zero attached hydrogens (tertiary/aromatic N) is 2. The lowest BCUT2D eigenvalue weighted by Crippen LogP contribution is -2.22. The number of hydrogen-bond donors (Lipinski definition) is 2. The lowest BCUT2D eigenvalue weighted by atomic mass is 10.1. The van der Waals surface area contributed by atoms with Gasteiger partial charge in [-0.2, -0.15) is 0 Å².